The van der Waals surface area contributed by atoms with E-state index in [1.165, 1.54) is 0 Å². The van der Waals surface area contributed by atoms with Crippen LogP contribution in [0.5, 0.6) is 0 Å². The van der Waals surface area contributed by atoms with Gasteiger partial charge in [-0.2, -0.15) is 0 Å². The molecule has 0 aromatic rings. The fourth-order valence-corrected chi connectivity index (χ4v) is 0.750. The molecule has 0 aliphatic rings. The highest BCUT2D eigenvalue weighted by molar-refractivity contribution is 5.87. The number of amides is 1. The molecule has 12 heavy (non-hydrogen) atoms. The average molecular weight is 167 g/mol. The molecule has 0 heterocycles. The van der Waals surface area contributed by atoms with E-state index in [9.17, 15) is 4.79 Å². The first kappa shape index (κ1) is 11.0. The molecule has 0 aromatic carbocycles. The molecule has 0 unspecified atom stereocenters. The lowest BCUT2D eigenvalue weighted by atomic mass is 10.3. The lowest BCUT2D eigenvalue weighted by Gasteiger charge is -1.92. The molecular formula is C10H17NO. The number of carbonyl (C=O) groups excluding carboxylic acids is 1. The van der Waals surface area contributed by atoms with Gasteiger partial charge < -0.3 is 5.32 Å². The minimum atomic E-state index is -0.0117. The third kappa shape index (κ3) is 7.06. The topological polar surface area (TPSA) is 29.1 Å². The summed E-state index contributed by atoms with van der Waals surface area (Å²) in [4.78, 5) is 10.9. The van der Waals surface area contributed by atoms with Gasteiger partial charge in [-0.25, -0.2) is 0 Å². The molecule has 1 N–H and O–H groups in total. The number of hydrogen-bond donors (Lipinski definition) is 1. The Balaban J connectivity index is 3.47. The molecule has 0 radical (unpaired) electrons. The number of carbonyl (C=O) groups is 1. The molecule has 0 fully saturated rings. The van der Waals surface area contributed by atoms with Crippen LogP contribution in [0.3, 0.4) is 0 Å². The lowest BCUT2D eigenvalue weighted by Crippen LogP contribution is -2.19. The first-order chi connectivity index (χ1) is 5.81. The van der Waals surface area contributed by atoms with Crippen LogP contribution < -0.4 is 5.32 Å². The van der Waals surface area contributed by atoms with Gasteiger partial charge in [-0.3, -0.25) is 4.79 Å². The molecule has 0 aliphatic heterocycles. The molecule has 0 saturated heterocycles. The van der Waals surface area contributed by atoms with Gasteiger partial charge in [0.15, 0.2) is 0 Å². The second-order valence-corrected chi connectivity index (χ2v) is 2.41. The van der Waals surface area contributed by atoms with Crippen molar-refractivity contribution in [2.75, 3.05) is 6.54 Å². The van der Waals surface area contributed by atoms with Gasteiger partial charge in [0, 0.05) is 6.54 Å². The molecule has 68 valence electrons. The van der Waals surface area contributed by atoms with Gasteiger partial charge in [0.05, 0.1) is 0 Å². The van der Waals surface area contributed by atoms with Crippen LogP contribution in [-0.4, -0.2) is 12.5 Å². The summed E-state index contributed by atoms with van der Waals surface area (Å²) >= 11 is 0. The molecule has 0 aromatic heterocycles. The quantitative estimate of drug-likeness (QED) is 0.492. The maximum absolute atomic E-state index is 10.9. The Hall–Kier alpha value is -1.05. The Bertz CT molecular complexity index is 171. The standard InChI is InChI=1S/C10H17NO/c1-3-5-6-7-8-9-10(12)11-4-2/h5-6,8-9H,3-4,7H2,1-2H3,(H,11,12). The van der Waals surface area contributed by atoms with E-state index in [0.717, 1.165) is 12.8 Å². The highest BCUT2D eigenvalue weighted by Crippen LogP contribution is 1.87. The van der Waals surface area contributed by atoms with Crippen LogP contribution in [0.4, 0.5) is 0 Å². The van der Waals surface area contributed by atoms with Crippen LogP contribution in [0.15, 0.2) is 24.3 Å². The predicted molar refractivity (Wildman–Crippen MR) is 51.9 cm³/mol. The number of hydrogen-bond acceptors (Lipinski definition) is 1. The number of nitrogens with one attached hydrogen (secondary N) is 1. The third-order valence-corrected chi connectivity index (χ3v) is 1.29. The molecule has 0 spiro atoms. The Morgan fingerprint density at radius 2 is 2.00 bits per heavy atom. The summed E-state index contributed by atoms with van der Waals surface area (Å²) in [5, 5.41) is 2.69. The third-order valence-electron chi connectivity index (χ3n) is 1.29. The summed E-state index contributed by atoms with van der Waals surface area (Å²) in [6.07, 6.45) is 9.46. The number of rotatable bonds is 5. The Morgan fingerprint density at radius 3 is 2.58 bits per heavy atom. The smallest absolute Gasteiger partial charge is 0.243 e. The van der Waals surface area contributed by atoms with Crippen LogP contribution in [0.1, 0.15) is 26.7 Å². The van der Waals surface area contributed by atoms with E-state index < -0.39 is 0 Å². The maximum Gasteiger partial charge on any atom is 0.243 e. The van der Waals surface area contributed by atoms with Gasteiger partial charge >= 0.3 is 0 Å². The van der Waals surface area contributed by atoms with Crippen molar-refractivity contribution in [2.24, 2.45) is 0 Å². The molecule has 1 amide bonds. The van der Waals surface area contributed by atoms with E-state index in [-0.39, 0.29) is 5.91 Å². The van der Waals surface area contributed by atoms with Crippen molar-refractivity contribution in [3.63, 3.8) is 0 Å². The van der Waals surface area contributed by atoms with E-state index in [1.807, 2.05) is 13.0 Å². The Labute approximate surface area is 74.4 Å². The van der Waals surface area contributed by atoms with Gasteiger partial charge in [0.2, 0.25) is 5.91 Å². The van der Waals surface area contributed by atoms with Gasteiger partial charge in [0.25, 0.3) is 0 Å². The summed E-state index contributed by atoms with van der Waals surface area (Å²) in [6.45, 7) is 4.68. The summed E-state index contributed by atoms with van der Waals surface area (Å²) in [6, 6.07) is 0. The Kier molecular flexibility index (Phi) is 7.35. The predicted octanol–water partition coefficient (Wildman–Crippen LogP) is 2.03. The second-order valence-electron chi connectivity index (χ2n) is 2.41. The summed E-state index contributed by atoms with van der Waals surface area (Å²) in [5.41, 5.74) is 0. The van der Waals surface area contributed by atoms with E-state index in [4.69, 9.17) is 0 Å². The Morgan fingerprint density at radius 1 is 1.25 bits per heavy atom. The molecule has 0 saturated carbocycles. The second kappa shape index (κ2) is 8.05. The van der Waals surface area contributed by atoms with Crippen molar-refractivity contribution in [3.8, 4) is 0 Å². The monoisotopic (exact) mass is 167 g/mol. The number of allylic oxidation sites excluding steroid dienone is 3. The molecular weight excluding hydrogens is 150 g/mol. The van der Waals surface area contributed by atoms with Crippen molar-refractivity contribution in [1.29, 1.82) is 0 Å². The first-order valence-electron chi connectivity index (χ1n) is 4.40. The highest BCUT2D eigenvalue weighted by Gasteiger charge is 1.87. The van der Waals surface area contributed by atoms with Gasteiger partial charge in [-0.1, -0.05) is 25.2 Å². The minimum Gasteiger partial charge on any atom is -0.353 e. The summed E-state index contributed by atoms with van der Waals surface area (Å²) in [5.74, 6) is -0.0117. The van der Waals surface area contributed by atoms with E-state index in [1.54, 1.807) is 6.08 Å². The fraction of sp³-hybridized carbons (Fsp3) is 0.500. The van der Waals surface area contributed by atoms with E-state index >= 15 is 0 Å². The minimum absolute atomic E-state index is 0.0117. The average Bonchev–Trinajstić information content (AvgIpc) is 2.05. The zero-order valence-electron chi connectivity index (χ0n) is 7.84. The summed E-state index contributed by atoms with van der Waals surface area (Å²) in [7, 11) is 0. The van der Waals surface area contributed by atoms with Crippen molar-refractivity contribution in [3.05, 3.63) is 24.3 Å². The zero-order chi connectivity index (χ0) is 9.23. The molecule has 0 bridgehead atoms. The van der Waals surface area contributed by atoms with Crippen LogP contribution in [0, 0.1) is 0 Å². The zero-order valence-corrected chi connectivity index (χ0v) is 7.84. The van der Waals surface area contributed by atoms with Gasteiger partial charge in [-0.05, 0) is 25.8 Å². The largest absolute Gasteiger partial charge is 0.353 e. The first-order valence-corrected chi connectivity index (χ1v) is 4.40. The fourth-order valence-electron chi connectivity index (χ4n) is 0.750. The van der Waals surface area contributed by atoms with Gasteiger partial charge in [0.1, 0.15) is 0 Å². The lowest BCUT2D eigenvalue weighted by molar-refractivity contribution is -0.116. The SMILES string of the molecule is CCC=CCC=CC(=O)NCC. The molecule has 0 rings (SSSR count). The molecule has 0 aliphatic carbocycles. The van der Waals surface area contributed by atoms with Crippen molar-refractivity contribution >= 4 is 5.91 Å². The van der Waals surface area contributed by atoms with Gasteiger partial charge in [-0.15, -0.1) is 0 Å². The molecule has 2 heteroatoms. The normalized spacial score (nSPS) is 11.2. The van der Waals surface area contributed by atoms with E-state index in [2.05, 4.69) is 24.4 Å². The highest BCUT2D eigenvalue weighted by atomic mass is 16.1. The maximum atomic E-state index is 10.9. The van der Waals surface area contributed by atoms with E-state index in [0.29, 0.717) is 6.54 Å². The molecule has 2 nitrogen and oxygen atoms in total. The molecule has 0 atom stereocenters. The summed E-state index contributed by atoms with van der Waals surface area (Å²) < 4.78 is 0. The van der Waals surface area contributed by atoms with Crippen LogP contribution in [0.25, 0.3) is 0 Å². The van der Waals surface area contributed by atoms with Crippen LogP contribution in [0.2, 0.25) is 0 Å². The van der Waals surface area contributed by atoms with Crippen LogP contribution in [-0.2, 0) is 4.79 Å². The van der Waals surface area contributed by atoms with Crippen molar-refractivity contribution in [1.82, 2.24) is 5.32 Å². The van der Waals surface area contributed by atoms with Crippen molar-refractivity contribution in [2.45, 2.75) is 26.7 Å². The van der Waals surface area contributed by atoms with Crippen LogP contribution >= 0.6 is 0 Å². The number of likely N-dealkylation sites (N-methyl/N-ethyl adjacent to an activating group) is 1. The van der Waals surface area contributed by atoms with Crippen molar-refractivity contribution < 1.29 is 4.79 Å².